The minimum absolute atomic E-state index is 0.0423. The van der Waals surface area contributed by atoms with Crippen LogP contribution in [0.3, 0.4) is 0 Å². The Hall–Kier alpha value is -2.69. The Kier molecular flexibility index (Phi) is 3.99. The molecule has 0 atom stereocenters. The lowest BCUT2D eigenvalue weighted by molar-refractivity contribution is -0.132. The fourth-order valence-corrected chi connectivity index (χ4v) is 3.50. The highest BCUT2D eigenvalue weighted by molar-refractivity contribution is 5.86. The maximum absolute atomic E-state index is 13.6. The van der Waals surface area contributed by atoms with Gasteiger partial charge in [-0.25, -0.2) is 8.78 Å². The van der Waals surface area contributed by atoms with E-state index in [9.17, 15) is 13.6 Å². The average Bonchev–Trinajstić information content (AvgIpc) is 2.97. The summed E-state index contributed by atoms with van der Waals surface area (Å²) in [6.07, 6.45) is 1.59. The number of H-pyrrole nitrogens is 1. The van der Waals surface area contributed by atoms with Crippen LogP contribution in [0.15, 0.2) is 42.5 Å². The molecular formula is C20H18F2N2O. The molecule has 0 unspecified atom stereocenters. The summed E-state index contributed by atoms with van der Waals surface area (Å²) in [4.78, 5) is 17.7. The number of aryl methyl sites for hydroxylation is 1. The summed E-state index contributed by atoms with van der Waals surface area (Å²) in [5.41, 5.74) is 3.80. The van der Waals surface area contributed by atoms with Crippen molar-refractivity contribution in [2.24, 2.45) is 0 Å². The van der Waals surface area contributed by atoms with Gasteiger partial charge >= 0.3 is 0 Å². The van der Waals surface area contributed by atoms with Gasteiger partial charge in [0.2, 0.25) is 5.91 Å². The number of hydrogen-bond donors (Lipinski definition) is 1. The van der Waals surface area contributed by atoms with Crippen LogP contribution >= 0.6 is 0 Å². The Morgan fingerprint density at radius 3 is 2.80 bits per heavy atom. The van der Waals surface area contributed by atoms with Crippen molar-refractivity contribution in [3.05, 3.63) is 70.9 Å². The number of amides is 1. The zero-order valence-electron chi connectivity index (χ0n) is 13.7. The highest BCUT2D eigenvalue weighted by Gasteiger charge is 2.24. The van der Waals surface area contributed by atoms with E-state index >= 15 is 0 Å². The molecule has 1 amide bonds. The molecule has 1 aliphatic heterocycles. The quantitative estimate of drug-likeness (QED) is 0.770. The van der Waals surface area contributed by atoms with Crippen LogP contribution in [0.4, 0.5) is 8.78 Å². The van der Waals surface area contributed by atoms with E-state index in [1.807, 2.05) is 6.07 Å². The van der Waals surface area contributed by atoms with Crippen LogP contribution in [0.1, 0.15) is 23.2 Å². The molecule has 128 valence electrons. The van der Waals surface area contributed by atoms with Gasteiger partial charge in [0.15, 0.2) is 0 Å². The molecule has 0 radical (unpaired) electrons. The van der Waals surface area contributed by atoms with Crippen molar-refractivity contribution in [2.75, 3.05) is 6.54 Å². The number of nitrogens with one attached hydrogen (secondary N) is 1. The van der Waals surface area contributed by atoms with E-state index in [0.717, 1.165) is 34.1 Å². The first-order valence-corrected chi connectivity index (χ1v) is 8.41. The molecular weight excluding hydrogens is 322 g/mol. The van der Waals surface area contributed by atoms with Crippen molar-refractivity contribution in [3.63, 3.8) is 0 Å². The van der Waals surface area contributed by atoms with Gasteiger partial charge in [0.25, 0.3) is 0 Å². The van der Waals surface area contributed by atoms with Crippen LogP contribution in [0, 0.1) is 11.6 Å². The molecule has 3 nitrogen and oxygen atoms in total. The van der Waals surface area contributed by atoms with Gasteiger partial charge in [0, 0.05) is 48.1 Å². The number of fused-ring (bicyclic) bond motifs is 3. The third-order valence-electron chi connectivity index (χ3n) is 4.81. The van der Waals surface area contributed by atoms with Crippen molar-refractivity contribution in [1.29, 1.82) is 0 Å². The number of aromatic amines is 1. The van der Waals surface area contributed by atoms with Crippen LogP contribution in [0.5, 0.6) is 0 Å². The van der Waals surface area contributed by atoms with Crippen LogP contribution in [0.2, 0.25) is 0 Å². The second kappa shape index (κ2) is 6.31. The molecule has 0 aliphatic carbocycles. The number of halogens is 2. The zero-order chi connectivity index (χ0) is 17.4. The van der Waals surface area contributed by atoms with Crippen LogP contribution in [0.25, 0.3) is 10.9 Å². The SMILES string of the molecule is O=C(CCc1cccc(F)c1)N1CCc2[nH]c3ccc(F)cc3c2C1. The largest absolute Gasteiger partial charge is 0.358 e. The molecule has 0 bridgehead atoms. The van der Waals surface area contributed by atoms with Crippen molar-refractivity contribution >= 4 is 16.8 Å². The lowest BCUT2D eigenvalue weighted by Crippen LogP contribution is -2.35. The van der Waals surface area contributed by atoms with Gasteiger partial charge in [-0.3, -0.25) is 4.79 Å². The minimum atomic E-state index is -0.284. The third kappa shape index (κ3) is 3.14. The van der Waals surface area contributed by atoms with Gasteiger partial charge in [-0.15, -0.1) is 0 Å². The Bertz CT molecular complexity index is 948. The highest BCUT2D eigenvalue weighted by Crippen LogP contribution is 2.28. The van der Waals surface area contributed by atoms with E-state index in [0.29, 0.717) is 25.9 Å². The third-order valence-corrected chi connectivity index (χ3v) is 4.81. The maximum atomic E-state index is 13.6. The Labute approximate surface area is 144 Å². The van der Waals surface area contributed by atoms with Crippen molar-refractivity contribution in [2.45, 2.75) is 25.8 Å². The fourth-order valence-electron chi connectivity index (χ4n) is 3.50. The van der Waals surface area contributed by atoms with E-state index in [2.05, 4.69) is 4.98 Å². The Morgan fingerprint density at radius 1 is 1.12 bits per heavy atom. The number of carbonyl (C=O) groups is 1. The average molecular weight is 340 g/mol. The molecule has 0 saturated carbocycles. The summed E-state index contributed by atoms with van der Waals surface area (Å²) in [5.74, 6) is -0.516. The molecule has 3 aromatic rings. The molecule has 1 aliphatic rings. The first kappa shape index (κ1) is 15.8. The molecule has 1 N–H and O–H groups in total. The van der Waals surface area contributed by atoms with Gasteiger partial charge in [-0.05, 0) is 42.3 Å². The predicted octanol–water partition coefficient (Wildman–Crippen LogP) is 3.96. The van der Waals surface area contributed by atoms with Gasteiger partial charge in [-0.2, -0.15) is 0 Å². The van der Waals surface area contributed by atoms with E-state index in [4.69, 9.17) is 0 Å². The van der Waals surface area contributed by atoms with E-state index in [1.54, 1.807) is 17.0 Å². The number of nitrogens with zero attached hydrogens (tertiary/aromatic N) is 1. The first-order valence-electron chi connectivity index (χ1n) is 8.41. The number of benzene rings is 2. The molecule has 0 fully saturated rings. The highest BCUT2D eigenvalue weighted by atomic mass is 19.1. The number of hydrogen-bond acceptors (Lipinski definition) is 1. The molecule has 25 heavy (non-hydrogen) atoms. The summed E-state index contributed by atoms with van der Waals surface area (Å²) in [6, 6.07) is 11.0. The molecule has 0 spiro atoms. The van der Waals surface area contributed by atoms with Gasteiger partial charge < -0.3 is 9.88 Å². The van der Waals surface area contributed by atoms with Gasteiger partial charge in [-0.1, -0.05) is 12.1 Å². The summed E-state index contributed by atoms with van der Waals surface area (Å²) in [6.45, 7) is 1.13. The van der Waals surface area contributed by atoms with Crippen LogP contribution in [-0.2, 0) is 24.2 Å². The van der Waals surface area contributed by atoms with Crippen molar-refractivity contribution < 1.29 is 13.6 Å². The van der Waals surface area contributed by atoms with Crippen molar-refractivity contribution in [1.82, 2.24) is 9.88 Å². The number of rotatable bonds is 3. The van der Waals surface area contributed by atoms with E-state index < -0.39 is 0 Å². The van der Waals surface area contributed by atoms with E-state index in [-0.39, 0.29) is 17.5 Å². The molecule has 5 heteroatoms. The molecule has 2 aromatic carbocycles. The van der Waals surface area contributed by atoms with E-state index in [1.165, 1.54) is 24.3 Å². The smallest absolute Gasteiger partial charge is 0.223 e. The topological polar surface area (TPSA) is 36.1 Å². The number of aromatic nitrogens is 1. The molecule has 4 rings (SSSR count). The Balaban J connectivity index is 1.49. The normalized spacial score (nSPS) is 13.9. The lowest BCUT2D eigenvalue weighted by Gasteiger charge is -2.27. The Morgan fingerprint density at radius 2 is 1.96 bits per heavy atom. The molecule has 1 aromatic heterocycles. The molecule has 0 saturated heterocycles. The van der Waals surface area contributed by atoms with Crippen LogP contribution in [-0.4, -0.2) is 22.3 Å². The summed E-state index contributed by atoms with van der Waals surface area (Å²) in [7, 11) is 0. The predicted molar refractivity (Wildman–Crippen MR) is 92.1 cm³/mol. The minimum Gasteiger partial charge on any atom is -0.358 e. The second-order valence-corrected chi connectivity index (χ2v) is 6.47. The molecule has 2 heterocycles. The zero-order valence-corrected chi connectivity index (χ0v) is 13.7. The summed E-state index contributed by atoms with van der Waals surface area (Å²) in [5, 5.41) is 0.845. The standard InChI is InChI=1S/C20H18F2N2O/c21-14-3-1-2-13(10-14)4-7-20(25)24-9-8-19-17(12-24)16-11-15(22)5-6-18(16)23-19/h1-3,5-6,10-11,23H,4,7-9,12H2. The fraction of sp³-hybridized carbons (Fsp3) is 0.250. The first-order chi connectivity index (χ1) is 12.1. The lowest BCUT2D eigenvalue weighted by atomic mass is 10.0. The number of carbonyl (C=O) groups excluding carboxylic acids is 1. The second-order valence-electron chi connectivity index (χ2n) is 6.47. The monoisotopic (exact) mass is 340 g/mol. The van der Waals surface area contributed by atoms with Gasteiger partial charge in [0.05, 0.1) is 0 Å². The maximum Gasteiger partial charge on any atom is 0.223 e. The van der Waals surface area contributed by atoms with Crippen LogP contribution < -0.4 is 0 Å². The van der Waals surface area contributed by atoms with Crippen molar-refractivity contribution in [3.8, 4) is 0 Å². The summed E-state index contributed by atoms with van der Waals surface area (Å²) < 4.78 is 26.8. The summed E-state index contributed by atoms with van der Waals surface area (Å²) >= 11 is 0. The van der Waals surface area contributed by atoms with Gasteiger partial charge in [0.1, 0.15) is 11.6 Å².